The molecule has 6 heteroatoms. The van der Waals surface area contributed by atoms with Gasteiger partial charge in [-0.25, -0.2) is 9.07 Å². The number of thiophene rings is 1. The molecule has 0 bridgehead atoms. The van der Waals surface area contributed by atoms with Gasteiger partial charge in [0.25, 0.3) is 5.56 Å². The first-order chi connectivity index (χ1) is 11.5. The lowest BCUT2D eigenvalue weighted by molar-refractivity contribution is 0.548. The van der Waals surface area contributed by atoms with Gasteiger partial charge in [0.1, 0.15) is 11.3 Å². The van der Waals surface area contributed by atoms with Crippen molar-refractivity contribution in [2.75, 3.05) is 0 Å². The monoisotopic (exact) mass is 343 g/mol. The number of aromatic nitrogens is 3. The van der Waals surface area contributed by atoms with Crippen LogP contribution in [0.15, 0.2) is 34.4 Å². The Labute approximate surface area is 142 Å². The van der Waals surface area contributed by atoms with Gasteiger partial charge in [0.2, 0.25) is 0 Å². The summed E-state index contributed by atoms with van der Waals surface area (Å²) in [7, 11) is 1.91. The molecular weight excluding hydrogens is 325 g/mol. The Balaban J connectivity index is 1.96. The van der Waals surface area contributed by atoms with E-state index in [1.807, 2.05) is 24.6 Å². The van der Waals surface area contributed by atoms with Gasteiger partial charge in [-0.15, -0.1) is 11.3 Å². The molecular formula is C18H18FN3OS. The van der Waals surface area contributed by atoms with Gasteiger partial charge in [-0.05, 0) is 26.3 Å². The lowest BCUT2D eigenvalue weighted by atomic mass is 10.1. The van der Waals surface area contributed by atoms with Gasteiger partial charge in [-0.2, -0.15) is 5.10 Å². The van der Waals surface area contributed by atoms with E-state index in [1.165, 1.54) is 9.56 Å². The Morgan fingerprint density at radius 3 is 2.92 bits per heavy atom. The van der Waals surface area contributed by atoms with Gasteiger partial charge in [-0.1, -0.05) is 12.2 Å². The highest BCUT2D eigenvalue weighted by Gasteiger charge is 2.19. The second-order valence-electron chi connectivity index (χ2n) is 6.27. The topological polar surface area (TPSA) is 39.8 Å². The number of nitrogens with zero attached hydrogens (tertiary/aromatic N) is 3. The molecule has 0 spiro atoms. The quantitative estimate of drug-likeness (QED) is 0.701. The molecule has 0 atom stereocenters. The van der Waals surface area contributed by atoms with E-state index in [0.29, 0.717) is 23.9 Å². The first-order valence-corrected chi connectivity index (χ1v) is 8.79. The van der Waals surface area contributed by atoms with Gasteiger partial charge >= 0.3 is 0 Å². The number of aryl methyl sites for hydroxylation is 3. The lowest BCUT2D eigenvalue weighted by Crippen LogP contribution is -2.26. The fraction of sp³-hybridized carbons (Fsp3) is 0.333. The van der Waals surface area contributed by atoms with Crippen molar-refractivity contribution in [2.45, 2.75) is 33.2 Å². The SMILES string of the molecule is Cc1cc2c(s1)c1c(C)nn(CC3=C(F)CCC=C3)c(=O)c1n2C. The minimum Gasteiger partial charge on any atom is -0.338 e. The molecule has 0 amide bonds. The number of fused-ring (bicyclic) bond motifs is 3. The summed E-state index contributed by atoms with van der Waals surface area (Å²) >= 11 is 1.68. The van der Waals surface area contributed by atoms with Crippen molar-refractivity contribution < 1.29 is 4.39 Å². The zero-order chi connectivity index (χ0) is 17.0. The number of allylic oxidation sites excluding steroid dienone is 4. The first-order valence-electron chi connectivity index (χ1n) is 7.97. The maximum atomic E-state index is 14.0. The molecule has 0 aliphatic heterocycles. The molecule has 0 aromatic carbocycles. The predicted octanol–water partition coefficient (Wildman–Crippen LogP) is 4.14. The normalized spacial score (nSPS) is 15.2. The molecule has 0 unspecified atom stereocenters. The van der Waals surface area contributed by atoms with Crippen molar-refractivity contribution in [3.8, 4) is 0 Å². The molecule has 3 aromatic rings. The van der Waals surface area contributed by atoms with Crippen LogP contribution >= 0.6 is 11.3 Å². The van der Waals surface area contributed by atoms with Crippen molar-refractivity contribution in [2.24, 2.45) is 7.05 Å². The van der Waals surface area contributed by atoms with Crippen LogP contribution in [0, 0.1) is 13.8 Å². The summed E-state index contributed by atoms with van der Waals surface area (Å²) in [6.45, 7) is 4.15. The lowest BCUT2D eigenvalue weighted by Gasteiger charge is -2.12. The smallest absolute Gasteiger partial charge is 0.291 e. The highest BCUT2D eigenvalue weighted by Crippen LogP contribution is 2.34. The van der Waals surface area contributed by atoms with E-state index in [-0.39, 0.29) is 17.9 Å². The molecule has 1 aliphatic carbocycles. The number of halogens is 1. The van der Waals surface area contributed by atoms with Crippen molar-refractivity contribution in [1.29, 1.82) is 0 Å². The molecule has 24 heavy (non-hydrogen) atoms. The molecule has 4 nitrogen and oxygen atoms in total. The summed E-state index contributed by atoms with van der Waals surface area (Å²) in [5.74, 6) is -0.146. The van der Waals surface area contributed by atoms with Crippen LogP contribution in [0.3, 0.4) is 0 Å². The number of rotatable bonds is 2. The molecule has 4 rings (SSSR count). The van der Waals surface area contributed by atoms with E-state index >= 15 is 0 Å². The molecule has 0 saturated heterocycles. The van der Waals surface area contributed by atoms with Crippen molar-refractivity contribution in [3.63, 3.8) is 0 Å². The zero-order valence-corrected chi connectivity index (χ0v) is 14.7. The minimum absolute atomic E-state index is 0.146. The van der Waals surface area contributed by atoms with E-state index in [0.717, 1.165) is 21.3 Å². The van der Waals surface area contributed by atoms with Crippen LogP contribution in [0.25, 0.3) is 21.1 Å². The van der Waals surface area contributed by atoms with E-state index in [4.69, 9.17) is 0 Å². The molecule has 0 fully saturated rings. The third-order valence-corrected chi connectivity index (χ3v) is 5.64. The van der Waals surface area contributed by atoms with Crippen LogP contribution in [0.4, 0.5) is 4.39 Å². The Morgan fingerprint density at radius 1 is 1.38 bits per heavy atom. The van der Waals surface area contributed by atoms with Gasteiger partial charge in [0.15, 0.2) is 0 Å². The van der Waals surface area contributed by atoms with Crippen LogP contribution in [-0.2, 0) is 13.6 Å². The molecule has 124 valence electrons. The minimum atomic E-state index is -0.168. The maximum Gasteiger partial charge on any atom is 0.291 e. The first kappa shape index (κ1) is 15.3. The Bertz CT molecular complexity index is 1100. The average Bonchev–Trinajstić information content (AvgIpc) is 3.04. The average molecular weight is 343 g/mol. The standard InChI is InChI=1S/C18H18FN3OS/c1-10-8-14-17(24-10)15-11(2)20-22(18(23)16(15)21(14)3)9-12-6-4-5-7-13(12)19/h4,6,8H,5,7,9H2,1-3H3. The zero-order valence-electron chi connectivity index (χ0n) is 13.9. The van der Waals surface area contributed by atoms with Crippen LogP contribution in [-0.4, -0.2) is 14.3 Å². The summed E-state index contributed by atoms with van der Waals surface area (Å²) < 4.78 is 18.4. The van der Waals surface area contributed by atoms with Crippen molar-refractivity contribution in [3.05, 3.63) is 50.5 Å². The van der Waals surface area contributed by atoms with E-state index in [2.05, 4.69) is 18.1 Å². The Morgan fingerprint density at radius 2 is 2.17 bits per heavy atom. The summed E-state index contributed by atoms with van der Waals surface area (Å²) in [4.78, 5) is 14.2. The highest BCUT2D eigenvalue weighted by molar-refractivity contribution is 7.20. The van der Waals surface area contributed by atoms with Crippen molar-refractivity contribution in [1.82, 2.24) is 14.3 Å². The summed E-state index contributed by atoms with van der Waals surface area (Å²) in [6, 6.07) is 2.09. The largest absolute Gasteiger partial charge is 0.338 e. The van der Waals surface area contributed by atoms with E-state index in [9.17, 15) is 9.18 Å². The van der Waals surface area contributed by atoms with Gasteiger partial charge in [0, 0.05) is 29.3 Å². The Hall–Kier alpha value is -2.21. The molecule has 0 saturated carbocycles. The predicted molar refractivity (Wildman–Crippen MR) is 96.3 cm³/mol. The molecule has 3 heterocycles. The molecule has 0 N–H and O–H groups in total. The second-order valence-corrected chi connectivity index (χ2v) is 7.53. The van der Waals surface area contributed by atoms with Crippen LogP contribution in [0.2, 0.25) is 0 Å². The van der Waals surface area contributed by atoms with Gasteiger partial charge in [0.05, 0.1) is 22.5 Å². The van der Waals surface area contributed by atoms with Gasteiger partial charge < -0.3 is 4.57 Å². The maximum absolute atomic E-state index is 14.0. The molecule has 1 aliphatic rings. The highest BCUT2D eigenvalue weighted by atomic mass is 32.1. The number of hydrogen-bond donors (Lipinski definition) is 0. The van der Waals surface area contributed by atoms with Crippen LogP contribution in [0.1, 0.15) is 23.4 Å². The van der Waals surface area contributed by atoms with Crippen LogP contribution in [0.5, 0.6) is 0 Å². The second kappa shape index (κ2) is 5.41. The van der Waals surface area contributed by atoms with E-state index in [1.54, 1.807) is 17.4 Å². The van der Waals surface area contributed by atoms with E-state index < -0.39 is 0 Å². The Kier molecular flexibility index (Phi) is 3.46. The third kappa shape index (κ3) is 2.17. The molecule has 3 aromatic heterocycles. The van der Waals surface area contributed by atoms with Crippen molar-refractivity contribution >= 4 is 32.5 Å². The third-order valence-electron chi connectivity index (χ3n) is 4.58. The van der Waals surface area contributed by atoms with Gasteiger partial charge in [-0.3, -0.25) is 4.79 Å². The summed E-state index contributed by atoms with van der Waals surface area (Å²) in [5, 5.41) is 5.38. The summed E-state index contributed by atoms with van der Waals surface area (Å²) in [5.41, 5.74) is 2.87. The fourth-order valence-electron chi connectivity index (χ4n) is 3.40. The number of hydrogen-bond acceptors (Lipinski definition) is 3. The summed E-state index contributed by atoms with van der Waals surface area (Å²) in [6.07, 6.45) is 4.82. The molecule has 0 radical (unpaired) electrons. The van der Waals surface area contributed by atoms with Crippen LogP contribution < -0.4 is 5.56 Å². The fourth-order valence-corrected chi connectivity index (χ4v) is 4.54.